The molecule has 0 amide bonds. The summed E-state index contributed by atoms with van der Waals surface area (Å²) in [5.41, 5.74) is 19.3. The zero-order valence-electron chi connectivity index (χ0n) is 56.1. The molecule has 14 aromatic carbocycles. The number of hydrogen-bond donors (Lipinski definition) is 0. The molecule has 6 heterocycles. The first-order valence-electron chi connectivity index (χ1n) is 34.2. The topological polar surface area (TPSA) is 155 Å². The van der Waals surface area contributed by atoms with Gasteiger partial charge in [0.15, 0.2) is 34.9 Å². The molecule has 0 unspecified atom stereocenters. The maximum Gasteiger partial charge on any atom is 0.226 e. The monoisotopic (exact) mass is 1430 g/mol. The molecule has 0 aliphatic carbocycles. The van der Waals surface area contributed by atoms with Crippen LogP contribution in [0.4, 0.5) is 0 Å². The summed E-state index contributed by atoms with van der Waals surface area (Å²) in [7, 11) is 0. The molecule has 0 radical (unpaired) electrons. The van der Waals surface area contributed by atoms with Crippen LogP contribution >= 0.6 is 34.8 Å². The highest BCUT2D eigenvalue weighted by Gasteiger charge is 2.21. The van der Waals surface area contributed by atoms with Crippen LogP contribution in [0.3, 0.4) is 0 Å². The predicted molar refractivity (Wildman–Crippen MR) is 428 cm³/mol. The van der Waals surface area contributed by atoms with Gasteiger partial charge >= 0.3 is 0 Å². The minimum atomic E-state index is 0.156. The number of hydrogen-bond acceptors (Lipinski definition) is 12. The van der Waals surface area contributed by atoms with Crippen LogP contribution in [-0.4, -0.2) is 44.9 Å². The van der Waals surface area contributed by atoms with Gasteiger partial charge < -0.3 is 13.3 Å². The van der Waals surface area contributed by atoms with Crippen LogP contribution in [0.1, 0.15) is 0 Å². The van der Waals surface area contributed by atoms with Gasteiger partial charge in [0.1, 0.15) is 33.5 Å². The third-order valence-electron chi connectivity index (χ3n) is 18.7. The lowest BCUT2D eigenvalue weighted by Crippen LogP contribution is -1.98. The molecule has 502 valence electrons. The Bertz CT molecular complexity index is 6680. The van der Waals surface area contributed by atoms with Gasteiger partial charge in [-0.15, -0.1) is 0 Å². The number of para-hydroxylation sites is 3. The van der Waals surface area contributed by atoms with Gasteiger partial charge in [-0.05, 0) is 133 Å². The molecule has 0 saturated carbocycles. The molecular weight excluding hydrogens is 1370 g/mol. The molecule has 0 fully saturated rings. The smallest absolute Gasteiger partial charge is 0.226 e. The van der Waals surface area contributed by atoms with Crippen LogP contribution in [0, 0.1) is 0 Å². The highest BCUT2D eigenvalue weighted by atomic mass is 35.5. The SMILES string of the molecule is Clc1nc(-c2ccc(-c3ccccc3)cc2)nc(-c2cccc3ccc(-c4ccc5c(c4)oc4ccccc45)cc23)n1.Clc1nc(-c2ccccc2)nc(-c2ccc(-c3ccc4oc5ccccc5c4c3)cc2)n1.Clc1nc(-c2ccccc2)nc(-c2cccc3oc4c(-c5ccccc5)cccc4c23)n1. The largest absolute Gasteiger partial charge is 0.456 e. The fourth-order valence-corrected chi connectivity index (χ4v) is 14.1. The van der Waals surface area contributed by atoms with Gasteiger partial charge in [-0.3, -0.25) is 0 Å². The molecule has 0 bridgehead atoms. The summed E-state index contributed by atoms with van der Waals surface area (Å²) in [6.45, 7) is 0. The van der Waals surface area contributed by atoms with Crippen molar-refractivity contribution in [2.24, 2.45) is 0 Å². The van der Waals surface area contributed by atoms with Crippen molar-refractivity contribution >= 4 is 111 Å². The van der Waals surface area contributed by atoms with E-state index in [2.05, 4.69) is 162 Å². The fourth-order valence-electron chi connectivity index (χ4n) is 13.6. The van der Waals surface area contributed by atoms with Gasteiger partial charge in [0.05, 0.1) is 0 Å². The molecule has 0 N–H and O–H groups in total. The number of rotatable bonds is 10. The quantitative estimate of drug-likeness (QED) is 0.128. The number of furan rings is 3. The summed E-state index contributed by atoms with van der Waals surface area (Å²) in [5.74, 6) is 3.23. The predicted octanol–water partition coefficient (Wildman–Crippen LogP) is 25.1. The van der Waals surface area contributed by atoms with E-state index in [-0.39, 0.29) is 15.9 Å². The molecule has 15 heteroatoms. The highest BCUT2D eigenvalue weighted by molar-refractivity contribution is 6.29. The molecule has 12 nitrogen and oxygen atoms in total. The number of nitrogens with zero attached hydrogens (tertiary/aromatic N) is 9. The molecule has 0 atom stereocenters. The molecule has 20 rings (SSSR count). The normalized spacial score (nSPS) is 11.3. The summed E-state index contributed by atoms with van der Waals surface area (Å²) in [6, 6.07) is 110. The van der Waals surface area contributed by atoms with Crippen LogP contribution in [-0.2, 0) is 0 Å². The first-order chi connectivity index (χ1) is 52.2. The minimum absolute atomic E-state index is 0.156. The summed E-state index contributed by atoms with van der Waals surface area (Å²) >= 11 is 19.0. The summed E-state index contributed by atoms with van der Waals surface area (Å²) < 4.78 is 18.4. The standard InChI is InChI=1S/C37H22ClN3O.2C27H16ClN3O/c38-37-40-35(26-16-13-24(14-17-26)23-7-2-1-3-8-23)39-36(41-37)31-11-6-9-25-15-18-27(21-32(25)31)28-19-20-30-29-10-4-5-12-33(29)42-34(30)22-28;28-27-30-25(18-11-5-2-6-12-18)29-26(31-27)21-15-8-16-22-23(21)20-14-7-13-19(24(20)32-22)17-9-3-1-4-10-17;28-27-30-25(18-6-2-1-3-7-18)29-26(31-27)19-12-10-17(11-13-19)20-14-15-24-22(16-20)21-8-4-5-9-23(21)32-24/h1-22H;2*1-16H. The van der Waals surface area contributed by atoms with Gasteiger partial charge in [-0.1, -0.05) is 279 Å². The maximum atomic E-state index is 6.47. The zero-order chi connectivity index (χ0) is 71.0. The van der Waals surface area contributed by atoms with Crippen LogP contribution in [0.2, 0.25) is 15.9 Å². The molecule has 0 aliphatic rings. The van der Waals surface area contributed by atoms with Crippen molar-refractivity contribution in [1.29, 1.82) is 0 Å². The second kappa shape index (κ2) is 28.1. The Morgan fingerprint density at radius 3 is 1.16 bits per heavy atom. The van der Waals surface area contributed by atoms with Crippen LogP contribution in [0.25, 0.3) is 189 Å². The lowest BCUT2D eigenvalue weighted by atomic mass is 9.97. The number of halogens is 3. The van der Waals surface area contributed by atoms with E-state index in [1.165, 1.54) is 0 Å². The second-order valence-electron chi connectivity index (χ2n) is 25.2. The van der Waals surface area contributed by atoms with Crippen LogP contribution in [0.5, 0.6) is 0 Å². The van der Waals surface area contributed by atoms with Crippen molar-refractivity contribution in [3.8, 4) is 113 Å². The van der Waals surface area contributed by atoms with E-state index >= 15 is 0 Å². The van der Waals surface area contributed by atoms with Gasteiger partial charge in [-0.25, -0.2) is 15.0 Å². The Labute approximate surface area is 621 Å². The Morgan fingerprint density at radius 2 is 0.547 bits per heavy atom. The van der Waals surface area contributed by atoms with Gasteiger partial charge in [0.25, 0.3) is 0 Å². The molecule has 20 aromatic rings. The Kier molecular flexibility index (Phi) is 17.2. The Balaban J connectivity index is 0.000000114. The lowest BCUT2D eigenvalue weighted by Gasteiger charge is -2.10. The van der Waals surface area contributed by atoms with Gasteiger partial charge in [0.2, 0.25) is 15.9 Å². The molecule has 0 spiro atoms. The van der Waals surface area contributed by atoms with E-state index in [9.17, 15) is 0 Å². The van der Waals surface area contributed by atoms with Crippen molar-refractivity contribution in [2.75, 3.05) is 0 Å². The minimum Gasteiger partial charge on any atom is -0.456 e. The third-order valence-corrected chi connectivity index (χ3v) is 19.2. The van der Waals surface area contributed by atoms with Crippen LogP contribution < -0.4 is 0 Å². The van der Waals surface area contributed by atoms with E-state index in [1.54, 1.807) is 0 Å². The van der Waals surface area contributed by atoms with E-state index < -0.39 is 0 Å². The Hall–Kier alpha value is -13.4. The van der Waals surface area contributed by atoms with Crippen molar-refractivity contribution in [2.45, 2.75) is 0 Å². The Morgan fingerprint density at radius 1 is 0.189 bits per heavy atom. The number of fused-ring (bicyclic) bond motifs is 10. The molecule has 6 aromatic heterocycles. The van der Waals surface area contributed by atoms with Crippen molar-refractivity contribution in [3.63, 3.8) is 0 Å². The average Bonchev–Trinajstić information content (AvgIpc) is 1.65. The number of aromatic nitrogens is 9. The van der Waals surface area contributed by atoms with Gasteiger partial charge in [-0.2, -0.15) is 29.9 Å². The van der Waals surface area contributed by atoms with E-state index in [1.807, 2.05) is 200 Å². The molecule has 106 heavy (non-hydrogen) atoms. The lowest BCUT2D eigenvalue weighted by molar-refractivity contribution is 0.668. The van der Waals surface area contributed by atoms with E-state index in [0.29, 0.717) is 34.9 Å². The fraction of sp³-hybridized carbons (Fsp3) is 0. The van der Waals surface area contributed by atoms with Gasteiger partial charge in [0, 0.05) is 71.3 Å². The van der Waals surface area contributed by atoms with Crippen molar-refractivity contribution < 1.29 is 13.3 Å². The van der Waals surface area contributed by atoms with Crippen molar-refractivity contribution in [1.82, 2.24) is 44.9 Å². The second-order valence-corrected chi connectivity index (χ2v) is 26.2. The molecular formula is C91H54Cl3N9O3. The van der Waals surface area contributed by atoms with E-state index in [4.69, 9.17) is 58.0 Å². The molecule has 0 aliphatic heterocycles. The summed E-state index contributed by atoms with van der Waals surface area (Å²) in [6.07, 6.45) is 0. The van der Waals surface area contributed by atoms with Crippen molar-refractivity contribution in [3.05, 3.63) is 343 Å². The molecule has 0 saturated heterocycles. The maximum absolute atomic E-state index is 6.47. The van der Waals surface area contributed by atoms with Crippen LogP contribution in [0.15, 0.2) is 341 Å². The average molecular weight is 1430 g/mol. The summed E-state index contributed by atoms with van der Waals surface area (Å²) in [4.78, 5) is 40.6. The first-order valence-corrected chi connectivity index (χ1v) is 35.3. The first kappa shape index (κ1) is 64.7. The zero-order valence-corrected chi connectivity index (χ0v) is 58.3. The van der Waals surface area contributed by atoms with E-state index in [0.717, 1.165) is 154 Å². The number of benzene rings is 14. The highest BCUT2D eigenvalue weighted by Crippen LogP contribution is 2.42. The third kappa shape index (κ3) is 12.9. The summed E-state index contributed by atoms with van der Waals surface area (Å²) in [5, 5.41) is 9.05.